The Labute approximate surface area is 137 Å². The first-order valence-electron chi connectivity index (χ1n) is 6.67. The fourth-order valence-corrected chi connectivity index (χ4v) is 2.60. The van der Waals surface area contributed by atoms with Crippen LogP contribution in [0.3, 0.4) is 0 Å². The van der Waals surface area contributed by atoms with Gasteiger partial charge < -0.3 is 10.1 Å². The van der Waals surface area contributed by atoms with E-state index in [9.17, 15) is 4.39 Å². The molecular weight excluding hydrogens is 357 g/mol. The second-order valence-electron chi connectivity index (χ2n) is 4.61. The average Bonchev–Trinajstić information content (AvgIpc) is 2.43. The minimum atomic E-state index is -0.299. The lowest BCUT2D eigenvalue weighted by molar-refractivity contribution is 0.448. The van der Waals surface area contributed by atoms with Crippen molar-refractivity contribution in [1.82, 2.24) is 5.32 Å². The molecule has 1 atom stereocenters. The van der Waals surface area contributed by atoms with E-state index in [1.54, 1.807) is 24.3 Å². The molecule has 0 aliphatic rings. The Bertz CT molecular complexity index is 636. The summed E-state index contributed by atoms with van der Waals surface area (Å²) >= 11 is 9.50. The molecule has 0 amide bonds. The van der Waals surface area contributed by atoms with Gasteiger partial charge in [0.05, 0.1) is 5.02 Å². The van der Waals surface area contributed by atoms with Crippen LogP contribution < -0.4 is 10.1 Å². The molecule has 0 aromatic heterocycles. The molecule has 0 heterocycles. The molecule has 0 saturated heterocycles. The molecule has 2 aromatic carbocycles. The summed E-state index contributed by atoms with van der Waals surface area (Å²) in [5.41, 5.74) is 0.496. The van der Waals surface area contributed by atoms with Crippen molar-refractivity contribution in [2.75, 3.05) is 6.54 Å². The second-order valence-corrected chi connectivity index (χ2v) is 5.93. The minimum absolute atomic E-state index is 0.155. The molecule has 112 valence electrons. The van der Waals surface area contributed by atoms with Gasteiger partial charge in [-0.3, -0.25) is 0 Å². The molecule has 0 aliphatic carbocycles. The Morgan fingerprint density at radius 3 is 2.76 bits per heavy atom. The van der Waals surface area contributed by atoms with E-state index in [0.717, 1.165) is 11.0 Å². The van der Waals surface area contributed by atoms with Gasteiger partial charge in [-0.15, -0.1) is 0 Å². The summed E-state index contributed by atoms with van der Waals surface area (Å²) in [6.45, 7) is 4.62. The number of nitrogens with one attached hydrogen (secondary N) is 1. The fourth-order valence-electron chi connectivity index (χ4n) is 2.11. The maximum atomic E-state index is 14.1. The average molecular weight is 373 g/mol. The molecule has 5 heteroatoms. The first-order chi connectivity index (χ1) is 10.0. The van der Waals surface area contributed by atoms with E-state index in [-0.39, 0.29) is 11.9 Å². The van der Waals surface area contributed by atoms with Crippen molar-refractivity contribution in [2.45, 2.75) is 19.9 Å². The standard InChI is InChI=1S/C16H16BrClFNO/c1-3-20-10(2)16-13(19)5-4-6-14(16)21-15-9-11(17)7-8-12(15)18/h4-10,20H,3H2,1-2H3. The summed E-state index contributed by atoms with van der Waals surface area (Å²) in [7, 11) is 0. The third kappa shape index (κ3) is 3.96. The van der Waals surface area contributed by atoms with Crippen LogP contribution in [-0.2, 0) is 0 Å². The lowest BCUT2D eigenvalue weighted by Crippen LogP contribution is -2.19. The van der Waals surface area contributed by atoms with Gasteiger partial charge in [0.15, 0.2) is 0 Å². The van der Waals surface area contributed by atoms with Gasteiger partial charge in [0.1, 0.15) is 17.3 Å². The molecule has 21 heavy (non-hydrogen) atoms. The molecule has 0 spiro atoms. The molecule has 0 saturated carbocycles. The van der Waals surface area contributed by atoms with Gasteiger partial charge in [0.25, 0.3) is 0 Å². The van der Waals surface area contributed by atoms with Crippen LogP contribution in [0.4, 0.5) is 4.39 Å². The highest BCUT2D eigenvalue weighted by Gasteiger charge is 2.17. The summed E-state index contributed by atoms with van der Waals surface area (Å²) in [5.74, 6) is 0.650. The van der Waals surface area contributed by atoms with E-state index in [1.807, 2.05) is 19.9 Å². The van der Waals surface area contributed by atoms with Gasteiger partial charge in [-0.1, -0.05) is 40.5 Å². The number of hydrogen-bond acceptors (Lipinski definition) is 2. The first kappa shape index (κ1) is 16.3. The van der Waals surface area contributed by atoms with E-state index in [4.69, 9.17) is 16.3 Å². The van der Waals surface area contributed by atoms with Gasteiger partial charge in [-0.05, 0) is 43.8 Å². The Hall–Kier alpha value is -1.10. The van der Waals surface area contributed by atoms with Crippen molar-refractivity contribution in [2.24, 2.45) is 0 Å². The highest BCUT2D eigenvalue weighted by molar-refractivity contribution is 9.10. The minimum Gasteiger partial charge on any atom is -0.455 e. The zero-order chi connectivity index (χ0) is 15.4. The van der Waals surface area contributed by atoms with Crippen LogP contribution >= 0.6 is 27.5 Å². The quantitative estimate of drug-likeness (QED) is 0.726. The molecule has 1 unspecified atom stereocenters. The van der Waals surface area contributed by atoms with Crippen molar-refractivity contribution < 1.29 is 9.13 Å². The SMILES string of the molecule is CCNC(C)c1c(F)cccc1Oc1cc(Br)ccc1Cl. The Balaban J connectivity index is 2.40. The molecule has 0 radical (unpaired) electrons. The Morgan fingerprint density at radius 2 is 2.05 bits per heavy atom. The molecular formula is C16H16BrClFNO. The monoisotopic (exact) mass is 371 g/mol. The van der Waals surface area contributed by atoms with Crippen LogP contribution in [-0.4, -0.2) is 6.54 Å². The summed E-state index contributed by atoms with van der Waals surface area (Å²) in [5, 5.41) is 3.67. The van der Waals surface area contributed by atoms with E-state index in [0.29, 0.717) is 22.1 Å². The molecule has 1 N–H and O–H groups in total. The number of rotatable bonds is 5. The molecule has 0 bridgehead atoms. The number of ether oxygens (including phenoxy) is 1. The second kappa shape index (κ2) is 7.25. The number of benzene rings is 2. The Morgan fingerprint density at radius 1 is 1.29 bits per heavy atom. The summed E-state index contributed by atoms with van der Waals surface area (Å²) in [6.07, 6.45) is 0. The fraction of sp³-hybridized carbons (Fsp3) is 0.250. The van der Waals surface area contributed by atoms with E-state index in [1.165, 1.54) is 6.07 Å². The summed E-state index contributed by atoms with van der Waals surface area (Å²) < 4.78 is 20.8. The van der Waals surface area contributed by atoms with Crippen LogP contribution in [0.15, 0.2) is 40.9 Å². The van der Waals surface area contributed by atoms with Crippen LogP contribution in [0, 0.1) is 5.82 Å². The normalized spacial score (nSPS) is 12.2. The van der Waals surface area contributed by atoms with Crippen molar-refractivity contribution in [3.05, 3.63) is 57.3 Å². The van der Waals surface area contributed by atoms with Crippen LogP contribution in [0.25, 0.3) is 0 Å². The van der Waals surface area contributed by atoms with Gasteiger partial charge in [-0.25, -0.2) is 4.39 Å². The smallest absolute Gasteiger partial charge is 0.147 e. The lowest BCUT2D eigenvalue weighted by atomic mass is 10.1. The molecule has 0 fully saturated rings. The predicted octanol–water partition coefficient (Wildman–Crippen LogP) is 5.70. The zero-order valence-electron chi connectivity index (χ0n) is 11.8. The highest BCUT2D eigenvalue weighted by Crippen LogP contribution is 2.36. The van der Waals surface area contributed by atoms with Gasteiger partial charge in [0.2, 0.25) is 0 Å². The van der Waals surface area contributed by atoms with Gasteiger partial charge in [-0.2, -0.15) is 0 Å². The predicted molar refractivity (Wildman–Crippen MR) is 87.7 cm³/mol. The number of halogens is 3. The Kier molecular flexibility index (Phi) is 5.62. The van der Waals surface area contributed by atoms with E-state index < -0.39 is 0 Å². The van der Waals surface area contributed by atoms with Crippen LogP contribution in [0.5, 0.6) is 11.5 Å². The van der Waals surface area contributed by atoms with Crippen LogP contribution in [0.2, 0.25) is 5.02 Å². The van der Waals surface area contributed by atoms with Crippen LogP contribution in [0.1, 0.15) is 25.5 Å². The third-order valence-corrected chi connectivity index (χ3v) is 3.87. The van der Waals surface area contributed by atoms with Gasteiger partial charge >= 0.3 is 0 Å². The first-order valence-corrected chi connectivity index (χ1v) is 7.84. The van der Waals surface area contributed by atoms with Crippen molar-refractivity contribution in [1.29, 1.82) is 0 Å². The van der Waals surface area contributed by atoms with Crippen molar-refractivity contribution in [3.8, 4) is 11.5 Å². The lowest BCUT2D eigenvalue weighted by Gasteiger charge is -2.18. The highest BCUT2D eigenvalue weighted by atomic mass is 79.9. The topological polar surface area (TPSA) is 21.3 Å². The zero-order valence-corrected chi connectivity index (χ0v) is 14.1. The number of hydrogen-bond donors (Lipinski definition) is 1. The van der Waals surface area contributed by atoms with E-state index in [2.05, 4.69) is 21.2 Å². The third-order valence-electron chi connectivity index (χ3n) is 3.07. The van der Waals surface area contributed by atoms with Crippen molar-refractivity contribution >= 4 is 27.5 Å². The molecule has 0 aliphatic heterocycles. The van der Waals surface area contributed by atoms with Crippen molar-refractivity contribution in [3.63, 3.8) is 0 Å². The molecule has 2 nitrogen and oxygen atoms in total. The molecule has 2 aromatic rings. The summed E-state index contributed by atoms with van der Waals surface area (Å²) in [4.78, 5) is 0. The maximum absolute atomic E-state index is 14.1. The van der Waals surface area contributed by atoms with Gasteiger partial charge in [0, 0.05) is 16.1 Å². The largest absolute Gasteiger partial charge is 0.455 e. The molecule has 2 rings (SSSR count). The van der Waals surface area contributed by atoms with E-state index >= 15 is 0 Å². The maximum Gasteiger partial charge on any atom is 0.147 e. The summed E-state index contributed by atoms with van der Waals surface area (Å²) in [6, 6.07) is 9.95.